The summed E-state index contributed by atoms with van der Waals surface area (Å²) in [4.78, 5) is 39.2. The summed E-state index contributed by atoms with van der Waals surface area (Å²) in [5.74, 6) is -1.82. The number of sulfonamides is 1. The molecule has 0 radical (unpaired) electrons. The Hall–Kier alpha value is -3.04. The van der Waals surface area contributed by atoms with Crippen molar-refractivity contribution in [3.05, 3.63) is 53.6 Å². The Morgan fingerprint density at radius 2 is 1.73 bits per heavy atom. The van der Waals surface area contributed by atoms with Gasteiger partial charge in [-0.3, -0.25) is 19.3 Å². The second kappa shape index (κ2) is 8.00. The minimum atomic E-state index is -3.58. The van der Waals surface area contributed by atoms with Crippen LogP contribution in [0.3, 0.4) is 0 Å². The van der Waals surface area contributed by atoms with Gasteiger partial charge in [-0.15, -0.1) is 0 Å². The number of nitrogens with one attached hydrogen (secondary N) is 1. The molecule has 0 aromatic heterocycles. The molecule has 1 heterocycles. The van der Waals surface area contributed by atoms with E-state index in [1.807, 2.05) is 6.92 Å². The zero-order valence-corrected chi connectivity index (χ0v) is 18.0. The molecular formula is C21H23N3O5S. The fourth-order valence-corrected chi connectivity index (χ4v) is 4.22. The molecule has 2 amide bonds. The number of anilines is 2. The van der Waals surface area contributed by atoms with Crippen molar-refractivity contribution in [2.45, 2.75) is 31.2 Å². The van der Waals surface area contributed by atoms with Crippen LogP contribution in [-0.2, 0) is 19.6 Å². The number of carbonyl (C=O) groups is 3. The van der Waals surface area contributed by atoms with Crippen LogP contribution in [-0.4, -0.2) is 50.5 Å². The minimum absolute atomic E-state index is 0.0992. The van der Waals surface area contributed by atoms with Crippen LogP contribution in [0.4, 0.5) is 11.4 Å². The van der Waals surface area contributed by atoms with Gasteiger partial charge in [0.1, 0.15) is 6.04 Å². The summed E-state index contributed by atoms with van der Waals surface area (Å²) in [5.41, 5.74) is 1.95. The maximum absolute atomic E-state index is 12.9. The molecule has 8 nitrogen and oxygen atoms in total. The predicted molar refractivity (Wildman–Crippen MR) is 113 cm³/mol. The molecule has 0 saturated heterocycles. The van der Waals surface area contributed by atoms with E-state index in [9.17, 15) is 22.8 Å². The number of hydrogen-bond acceptors (Lipinski definition) is 5. The number of nitrogens with zero attached hydrogens (tertiary/aromatic N) is 2. The average Bonchev–Trinajstić information content (AvgIpc) is 2.94. The van der Waals surface area contributed by atoms with Gasteiger partial charge in [0, 0.05) is 19.8 Å². The van der Waals surface area contributed by atoms with Crippen LogP contribution in [0.25, 0.3) is 0 Å². The molecule has 0 fully saturated rings. The molecule has 0 bridgehead atoms. The van der Waals surface area contributed by atoms with Gasteiger partial charge in [0.2, 0.25) is 15.9 Å². The smallest absolute Gasteiger partial charge is 0.300 e. The lowest BCUT2D eigenvalue weighted by atomic mass is 10.1. The molecule has 158 valence electrons. The molecule has 1 unspecified atom stereocenters. The molecule has 3 rings (SSSR count). The summed E-state index contributed by atoms with van der Waals surface area (Å²) in [6.45, 7) is 3.58. The molecule has 0 saturated carbocycles. The molecule has 1 atom stereocenters. The number of fused-ring (bicyclic) bond motifs is 1. The highest BCUT2D eigenvalue weighted by Gasteiger charge is 2.41. The fourth-order valence-electron chi connectivity index (χ4n) is 3.32. The van der Waals surface area contributed by atoms with Crippen LogP contribution in [0.15, 0.2) is 47.4 Å². The summed E-state index contributed by atoms with van der Waals surface area (Å²) in [6, 6.07) is 9.98. The molecular weight excluding hydrogens is 406 g/mol. The van der Waals surface area contributed by atoms with E-state index < -0.39 is 33.7 Å². The number of Topliss-reactive ketones (excluding diaryl/α,β-unsaturated/α-hetero) is 1. The highest BCUT2D eigenvalue weighted by atomic mass is 32.2. The number of rotatable bonds is 6. The van der Waals surface area contributed by atoms with Gasteiger partial charge in [-0.1, -0.05) is 18.6 Å². The zero-order valence-electron chi connectivity index (χ0n) is 17.2. The Morgan fingerprint density at radius 3 is 2.30 bits per heavy atom. The van der Waals surface area contributed by atoms with E-state index in [0.29, 0.717) is 23.4 Å². The van der Waals surface area contributed by atoms with E-state index in [2.05, 4.69) is 5.32 Å². The van der Waals surface area contributed by atoms with Crippen molar-refractivity contribution in [2.24, 2.45) is 0 Å². The van der Waals surface area contributed by atoms with Crippen LogP contribution >= 0.6 is 0 Å². The van der Waals surface area contributed by atoms with Crippen LogP contribution in [0.1, 0.15) is 29.3 Å². The van der Waals surface area contributed by atoms with E-state index in [1.165, 1.54) is 43.3 Å². The molecule has 2 aromatic rings. The Bertz CT molecular complexity index is 1120. The monoisotopic (exact) mass is 429 g/mol. The summed E-state index contributed by atoms with van der Waals surface area (Å²) in [5, 5.41) is 2.70. The minimum Gasteiger partial charge on any atom is -0.324 e. The molecule has 1 aliphatic heterocycles. The van der Waals surface area contributed by atoms with E-state index in [4.69, 9.17) is 0 Å². The van der Waals surface area contributed by atoms with Gasteiger partial charge in [-0.2, -0.15) is 0 Å². The molecule has 30 heavy (non-hydrogen) atoms. The van der Waals surface area contributed by atoms with Gasteiger partial charge in [0.25, 0.3) is 11.7 Å². The van der Waals surface area contributed by atoms with Gasteiger partial charge in [0.15, 0.2) is 0 Å². The standard InChI is InChI=1S/C21H23N3O5S/c1-5-17(24-18-11-6-13(2)12-16(18)19(25)21(24)27)20(26)22-14-7-9-15(10-8-14)30(28,29)23(3)4/h6-12,17H,5H2,1-4H3,(H,22,26). The third kappa shape index (κ3) is 3.73. The summed E-state index contributed by atoms with van der Waals surface area (Å²) in [6.07, 6.45) is 0.297. The number of aryl methyl sites for hydroxylation is 1. The lowest BCUT2D eigenvalue weighted by molar-refractivity contribution is -0.121. The molecule has 0 aliphatic carbocycles. The summed E-state index contributed by atoms with van der Waals surface area (Å²) in [7, 11) is -0.706. The number of hydrogen-bond donors (Lipinski definition) is 1. The summed E-state index contributed by atoms with van der Waals surface area (Å²) < 4.78 is 25.4. The summed E-state index contributed by atoms with van der Waals surface area (Å²) >= 11 is 0. The Kier molecular flexibility index (Phi) is 5.78. The van der Waals surface area contributed by atoms with Crippen LogP contribution in [0, 0.1) is 6.92 Å². The second-order valence-corrected chi connectivity index (χ2v) is 9.40. The van der Waals surface area contributed by atoms with Gasteiger partial charge in [-0.05, 0) is 49.7 Å². The number of carbonyl (C=O) groups excluding carboxylic acids is 3. The first-order valence-electron chi connectivity index (χ1n) is 9.40. The van der Waals surface area contributed by atoms with Gasteiger partial charge < -0.3 is 5.32 Å². The molecule has 2 aromatic carbocycles. The normalized spacial score (nSPS) is 14.8. The molecule has 1 N–H and O–H groups in total. The van der Waals surface area contributed by atoms with Crippen molar-refractivity contribution in [1.29, 1.82) is 0 Å². The number of amides is 2. The SMILES string of the molecule is CCC(C(=O)Nc1ccc(S(=O)(=O)N(C)C)cc1)N1C(=O)C(=O)c2cc(C)ccc21. The Balaban J connectivity index is 1.84. The topological polar surface area (TPSA) is 104 Å². The van der Waals surface area contributed by atoms with Crippen molar-refractivity contribution in [2.75, 3.05) is 24.3 Å². The van der Waals surface area contributed by atoms with Crippen molar-refractivity contribution in [1.82, 2.24) is 4.31 Å². The first-order valence-corrected chi connectivity index (χ1v) is 10.8. The van der Waals surface area contributed by atoms with Crippen molar-refractivity contribution in [3.8, 4) is 0 Å². The first-order chi connectivity index (χ1) is 14.1. The van der Waals surface area contributed by atoms with E-state index in [0.717, 1.165) is 9.87 Å². The highest BCUT2D eigenvalue weighted by molar-refractivity contribution is 7.89. The lowest BCUT2D eigenvalue weighted by Crippen LogP contribution is -2.46. The van der Waals surface area contributed by atoms with Crippen molar-refractivity contribution >= 4 is 39.0 Å². The van der Waals surface area contributed by atoms with Crippen LogP contribution < -0.4 is 10.2 Å². The molecule has 1 aliphatic rings. The quantitative estimate of drug-likeness (QED) is 0.709. The maximum atomic E-state index is 12.9. The van der Waals surface area contributed by atoms with E-state index in [-0.39, 0.29) is 4.90 Å². The third-order valence-electron chi connectivity index (χ3n) is 4.97. The van der Waals surface area contributed by atoms with E-state index in [1.54, 1.807) is 25.1 Å². The molecule has 0 spiro atoms. The van der Waals surface area contributed by atoms with Gasteiger partial charge >= 0.3 is 0 Å². The van der Waals surface area contributed by atoms with Gasteiger partial charge in [-0.25, -0.2) is 12.7 Å². The Morgan fingerprint density at radius 1 is 1.10 bits per heavy atom. The second-order valence-electron chi connectivity index (χ2n) is 7.25. The highest BCUT2D eigenvalue weighted by Crippen LogP contribution is 2.32. The largest absolute Gasteiger partial charge is 0.324 e. The predicted octanol–water partition coefficient (Wildman–Crippen LogP) is 2.19. The van der Waals surface area contributed by atoms with Crippen LogP contribution in [0.5, 0.6) is 0 Å². The zero-order chi connectivity index (χ0) is 22.2. The fraction of sp³-hybridized carbons (Fsp3) is 0.286. The Labute approximate surface area is 175 Å². The first kappa shape index (κ1) is 21.7. The number of benzene rings is 2. The van der Waals surface area contributed by atoms with Gasteiger partial charge in [0.05, 0.1) is 16.1 Å². The number of ketones is 1. The van der Waals surface area contributed by atoms with Crippen LogP contribution in [0.2, 0.25) is 0 Å². The van der Waals surface area contributed by atoms with Crippen molar-refractivity contribution in [3.63, 3.8) is 0 Å². The lowest BCUT2D eigenvalue weighted by Gasteiger charge is -2.26. The third-order valence-corrected chi connectivity index (χ3v) is 6.80. The molecule has 9 heteroatoms. The average molecular weight is 429 g/mol. The van der Waals surface area contributed by atoms with E-state index >= 15 is 0 Å². The maximum Gasteiger partial charge on any atom is 0.300 e. The van der Waals surface area contributed by atoms with Crippen molar-refractivity contribution < 1.29 is 22.8 Å².